The van der Waals surface area contributed by atoms with Gasteiger partial charge in [0, 0.05) is 16.2 Å². The van der Waals surface area contributed by atoms with Gasteiger partial charge in [-0.05, 0) is 31.7 Å². The molecule has 1 unspecified atom stereocenters. The van der Waals surface area contributed by atoms with Crippen LogP contribution in [0, 0.1) is 5.92 Å². The van der Waals surface area contributed by atoms with Crippen LogP contribution >= 0.6 is 22.9 Å². The van der Waals surface area contributed by atoms with Crippen LogP contribution in [0.25, 0.3) is 10.1 Å². The van der Waals surface area contributed by atoms with Gasteiger partial charge >= 0.3 is 0 Å². The summed E-state index contributed by atoms with van der Waals surface area (Å²) >= 11 is 7.63. The predicted molar refractivity (Wildman–Crippen MR) is 107 cm³/mol. The normalized spacial score (nSPS) is 14.9. The molecular formula is C19H19ClN4O2S. The standard InChI is InChI=1S/C19H19ClN4O2S/c1-11(12-6-7-12)24-15(8-9-22-24)23-16(25)10-21-19(26)18-17(20)13-4-2-3-5-14(13)27-18/h2-5,8-9,11-12H,6-7,10H2,1H3,(H,21,26)(H,23,25). The van der Waals surface area contributed by atoms with Crippen molar-refractivity contribution in [3.63, 3.8) is 0 Å². The summed E-state index contributed by atoms with van der Waals surface area (Å²) in [6.45, 7) is 1.97. The third kappa shape index (κ3) is 3.70. The van der Waals surface area contributed by atoms with E-state index in [0.717, 1.165) is 10.1 Å². The topological polar surface area (TPSA) is 76.0 Å². The molecule has 1 atom stereocenters. The Morgan fingerprint density at radius 3 is 2.85 bits per heavy atom. The minimum absolute atomic E-state index is 0.133. The van der Waals surface area contributed by atoms with E-state index in [1.54, 1.807) is 12.3 Å². The molecule has 6 nitrogen and oxygen atoms in total. The number of fused-ring (bicyclic) bond motifs is 1. The highest BCUT2D eigenvalue weighted by Crippen LogP contribution is 2.40. The number of halogens is 1. The number of hydrogen-bond acceptors (Lipinski definition) is 4. The molecule has 4 rings (SSSR count). The Hall–Kier alpha value is -2.38. The Kier molecular flexibility index (Phi) is 4.88. The van der Waals surface area contributed by atoms with Crippen LogP contribution in [0.3, 0.4) is 0 Å². The lowest BCUT2D eigenvalue weighted by Crippen LogP contribution is -2.33. The number of carbonyl (C=O) groups is 2. The van der Waals surface area contributed by atoms with E-state index < -0.39 is 0 Å². The maximum Gasteiger partial charge on any atom is 0.263 e. The van der Waals surface area contributed by atoms with Gasteiger partial charge in [-0.25, -0.2) is 4.68 Å². The lowest BCUT2D eigenvalue weighted by Gasteiger charge is -2.15. The quantitative estimate of drug-likeness (QED) is 0.652. The first-order chi connectivity index (χ1) is 13.0. The number of aromatic nitrogens is 2. The predicted octanol–water partition coefficient (Wildman–Crippen LogP) is 4.09. The maximum atomic E-state index is 12.4. The van der Waals surface area contributed by atoms with Crippen LogP contribution in [-0.2, 0) is 4.79 Å². The van der Waals surface area contributed by atoms with E-state index >= 15 is 0 Å². The monoisotopic (exact) mass is 402 g/mol. The summed E-state index contributed by atoms with van der Waals surface area (Å²) in [5.74, 6) is 0.616. The number of benzene rings is 1. The Bertz CT molecular complexity index is 1010. The second-order valence-corrected chi connectivity index (χ2v) is 8.14. The van der Waals surface area contributed by atoms with Crippen LogP contribution in [0.4, 0.5) is 5.82 Å². The molecule has 8 heteroatoms. The molecule has 0 radical (unpaired) electrons. The summed E-state index contributed by atoms with van der Waals surface area (Å²) in [7, 11) is 0. The summed E-state index contributed by atoms with van der Waals surface area (Å²) in [4.78, 5) is 25.1. The first kappa shape index (κ1) is 18.0. The molecule has 1 aliphatic carbocycles. The molecule has 0 aliphatic heterocycles. The Morgan fingerprint density at radius 2 is 2.11 bits per heavy atom. The van der Waals surface area contributed by atoms with Crippen LogP contribution in [0.2, 0.25) is 5.02 Å². The summed E-state index contributed by atoms with van der Waals surface area (Å²) in [5, 5.41) is 11.0. The average Bonchev–Trinajstić information content (AvgIpc) is 3.34. The zero-order valence-corrected chi connectivity index (χ0v) is 16.3. The smallest absolute Gasteiger partial charge is 0.263 e. The zero-order valence-electron chi connectivity index (χ0n) is 14.7. The van der Waals surface area contributed by atoms with Crippen LogP contribution in [0.15, 0.2) is 36.5 Å². The van der Waals surface area contributed by atoms with Crippen molar-refractivity contribution >= 4 is 50.7 Å². The SMILES string of the molecule is CC(C1CC1)n1nccc1NC(=O)CNC(=O)c1sc2ccccc2c1Cl. The van der Waals surface area contributed by atoms with Crippen molar-refractivity contribution < 1.29 is 9.59 Å². The molecule has 0 saturated heterocycles. The van der Waals surface area contributed by atoms with Crippen molar-refractivity contribution in [2.45, 2.75) is 25.8 Å². The highest BCUT2D eigenvalue weighted by Gasteiger charge is 2.30. The van der Waals surface area contributed by atoms with Crippen LogP contribution in [0.5, 0.6) is 0 Å². The fraction of sp³-hybridized carbons (Fsp3) is 0.316. The van der Waals surface area contributed by atoms with Crippen molar-refractivity contribution in [1.29, 1.82) is 0 Å². The molecule has 1 fully saturated rings. The van der Waals surface area contributed by atoms with Gasteiger partial charge in [0.15, 0.2) is 0 Å². The van der Waals surface area contributed by atoms with E-state index in [2.05, 4.69) is 22.7 Å². The van der Waals surface area contributed by atoms with E-state index in [1.165, 1.54) is 24.2 Å². The molecule has 2 aromatic heterocycles. The van der Waals surface area contributed by atoms with Gasteiger partial charge in [-0.2, -0.15) is 5.10 Å². The first-order valence-electron chi connectivity index (χ1n) is 8.83. The number of carbonyl (C=O) groups excluding carboxylic acids is 2. The van der Waals surface area contributed by atoms with Gasteiger partial charge in [0.1, 0.15) is 10.7 Å². The molecule has 140 valence electrons. The van der Waals surface area contributed by atoms with Crippen molar-refractivity contribution in [2.75, 3.05) is 11.9 Å². The molecule has 3 aromatic rings. The van der Waals surface area contributed by atoms with Crippen LogP contribution in [-0.4, -0.2) is 28.1 Å². The van der Waals surface area contributed by atoms with E-state index in [-0.39, 0.29) is 24.4 Å². The van der Waals surface area contributed by atoms with Gasteiger partial charge in [0.05, 0.1) is 23.8 Å². The average molecular weight is 403 g/mol. The van der Waals surface area contributed by atoms with Crippen molar-refractivity contribution in [1.82, 2.24) is 15.1 Å². The van der Waals surface area contributed by atoms with E-state index in [1.807, 2.05) is 28.9 Å². The minimum atomic E-state index is -0.351. The number of anilines is 1. The van der Waals surface area contributed by atoms with Gasteiger partial charge in [0.2, 0.25) is 5.91 Å². The van der Waals surface area contributed by atoms with Gasteiger partial charge in [-0.3, -0.25) is 9.59 Å². The summed E-state index contributed by atoms with van der Waals surface area (Å²) in [5.41, 5.74) is 0. The summed E-state index contributed by atoms with van der Waals surface area (Å²) in [6.07, 6.45) is 4.06. The Balaban J connectivity index is 1.38. The fourth-order valence-electron chi connectivity index (χ4n) is 3.10. The number of nitrogens with zero attached hydrogens (tertiary/aromatic N) is 2. The first-order valence-corrected chi connectivity index (χ1v) is 10.0. The highest BCUT2D eigenvalue weighted by atomic mass is 35.5. The third-order valence-electron chi connectivity index (χ3n) is 4.78. The lowest BCUT2D eigenvalue weighted by molar-refractivity contribution is -0.115. The van der Waals surface area contributed by atoms with Crippen LogP contribution < -0.4 is 10.6 Å². The molecule has 0 spiro atoms. The second-order valence-electron chi connectivity index (χ2n) is 6.71. The Labute approximate surface area is 165 Å². The number of nitrogens with one attached hydrogen (secondary N) is 2. The van der Waals surface area contributed by atoms with Gasteiger partial charge < -0.3 is 10.6 Å². The largest absolute Gasteiger partial charge is 0.342 e. The number of hydrogen-bond donors (Lipinski definition) is 2. The highest BCUT2D eigenvalue weighted by molar-refractivity contribution is 7.21. The molecule has 27 heavy (non-hydrogen) atoms. The van der Waals surface area contributed by atoms with Crippen LogP contribution in [0.1, 0.15) is 35.5 Å². The van der Waals surface area contributed by atoms with Crippen molar-refractivity contribution in [3.05, 3.63) is 46.4 Å². The molecule has 2 heterocycles. The van der Waals surface area contributed by atoms with Gasteiger partial charge in [-0.15, -0.1) is 11.3 Å². The summed E-state index contributed by atoms with van der Waals surface area (Å²) < 4.78 is 2.77. The number of rotatable bonds is 6. The fourth-order valence-corrected chi connectivity index (χ4v) is 4.54. The molecule has 1 aliphatic rings. The molecule has 2 amide bonds. The summed E-state index contributed by atoms with van der Waals surface area (Å²) in [6, 6.07) is 9.58. The molecule has 0 bridgehead atoms. The lowest BCUT2D eigenvalue weighted by atomic mass is 10.2. The number of amides is 2. The Morgan fingerprint density at radius 1 is 1.33 bits per heavy atom. The van der Waals surface area contributed by atoms with E-state index in [4.69, 9.17) is 11.6 Å². The maximum absolute atomic E-state index is 12.4. The number of thiophene rings is 1. The third-order valence-corrected chi connectivity index (χ3v) is 6.45. The van der Waals surface area contributed by atoms with Gasteiger partial charge in [0.25, 0.3) is 5.91 Å². The van der Waals surface area contributed by atoms with Gasteiger partial charge in [-0.1, -0.05) is 29.8 Å². The minimum Gasteiger partial charge on any atom is -0.342 e. The van der Waals surface area contributed by atoms with E-state index in [9.17, 15) is 9.59 Å². The second kappa shape index (κ2) is 7.32. The molecule has 1 aromatic carbocycles. The zero-order chi connectivity index (χ0) is 19.0. The molecule has 1 saturated carbocycles. The van der Waals surface area contributed by atoms with Crippen molar-refractivity contribution in [2.24, 2.45) is 5.92 Å². The van der Waals surface area contributed by atoms with E-state index in [0.29, 0.717) is 21.6 Å². The molecular weight excluding hydrogens is 384 g/mol. The molecule has 2 N–H and O–H groups in total. The van der Waals surface area contributed by atoms with Crippen molar-refractivity contribution in [3.8, 4) is 0 Å².